The lowest BCUT2D eigenvalue weighted by atomic mass is 9.87. The van der Waals surface area contributed by atoms with Crippen molar-refractivity contribution in [2.75, 3.05) is 13.2 Å². The molecule has 2 atom stereocenters. The minimum absolute atomic E-state index is 0.0602. The molecule has 1 aliphatic carbocycles. The molecule has 2 aliphatic rings. The van der Waals surface area contributed by atoms with Crippen LogP contribution in [0.4, 0.5) is 0 Å². The first-order chi connectivity index (χ1) is 10.6. The van der Waals surface area contributed by atoms with Crippen molar-refractivity contribution in [2.24, 2.45) is 10.8 Å². The normalized spacial score (nSPS) is 28.7. The number of benzene rings is 1. The van der Waals surface area contributed by atoms with Crippen molar-refractivity contribution in [3.8, 4) is 0 Å². The summed E-state index contributed by atoms with van der Waals surface area (Å²) in [6, 6.07) is 8.55. The Morgan fingerprint density at radius 3 is 2.68 bits per heavy atom. The molecule has 5 nitrogen and oxygen atoms in total. The quantitative estimate of drug-likeness (QED) is 0.348. The molecule has 1 saturated carbocycles. The van der Waals surface area contributed by atoms with Crippen LogP contribution in [0.5, 0.6) is 0 Å². The summed E-state index contributed by atoms with van der Waals surface area (Å²) >= 11 is 0. The lowest BCUT2D eigenvalue weighted by molar-refractivity contribution is -0.151. The molecule has 0 amide bonds. The third kappa shape index (κ3) is 1.88. The molecule has 1 aromatic carbocycles. The summed E-state index contributed by atoms with van der Waals surface area (Å²) in [5.74, 6) is -1.44. The molecular weight excluding hydrogens is 284 g/mol. The van der Waals surface area contributed by atoms with Gasteiger partial charge < -0.3 is 9.47 Å². The molecule has 0 aromatic heterocycles. The maximum atomic E-state index is 12.8. The van der Waals surface area contributed by atoms with E-state index in [-0.39, 0.29) is 18.8 Å². The van der Waals surface area contributed by atoms with Crippen molar-refractivity contribution in [3.05, 3.63) is 35.9 Å². The molecule has 5 heteroatoms. The van der Waals surface area contributed by atoms with Gasteiger partial charge in [0.15, 0.2) is 11.2 Å². The van der Waals surface area contributed by atoms with Crippen LogP contribution in [-0.4, -0.2) is 30.9 Å². The maximum absolute atomic E-state index is 12.8. The second-order valence-electron chi connectivity index (χ2n) is 5.92. The molecule has 1 aromatic rings. The fourth-order valence-electron chi connectivity index (χ4n) is 3.14. The van der Waals surface area contributed by atoms with Gasteiger partial charge in [-0.2, -0.15) is 0 Å². The first-order valence-electron chi connectivity index (χ1n) is 7.53. The van der Waals surface area contributed by atoms with Gasteiger partial charge in [0, 0.05) is 5.56 Å². The first-order valence-corrected chi connectivity index (χ1v) is 7.53. The van der Waals surface area contributed by atoms with Crippen molar-refractivity contribution < 1.29 is 23.9 Å². The van der Waals surface area contributed by atoms with Crippen molar-refractivity contribution in [2.45, 2.75) is 26.2 Å². The summed E-state index contributed by atoms with van der Waals surface area (Å²) in [7, 11) is 0. The zero-order chi connectivity index (χ0) is 15.8. The lowest BCUT2D eigenvalue weighted by Crippen LogP contribution is -2.32. The Hall–Kier alpha value is -2.17. The Kier molecular flexibility index (Phi) is 3.51. The Labute approximate surface area is 128 Å². The van der Waals surface area contributed by atoms with Gasteiger partial charge in [0.25, 0.3) is 0 Å². The van der Waals surface area contributed by atoms with Gasteiger partial charge >= 0.3 is 11.9 Å². The number of carbonyl (C=O) groups excluding carboxylic acids is 3. The van der Waals surface area contributed by atoms with Gasteiger partial charge in [0.2, 0.25) is 0 Å². The molecule has 0 N–H and O–H groups in total. The SMILES string of the molecule is CCCCOC(=O)[C@]12COC(=O)[C@@]1(C(=O)c1ccccc1)C2. The van der Waals surface area contributed by atoms with E-state index in [4.69, 9.17) is 9.47 Å². The van der Waals surface area contributed by atoms with Crippen molar-refractivity contribution in [1.82, 2.24) is 0 Å². The number of ether oxygens (including phenoxy) is 2. The van der Waals surface area contributed by atoms with Gasteiger partial charge in [-0.25, -0.2) is 0 Å². The highest BCUT2D eigenvalue weighted by Gasteiger charge is 2.85. The summed E-state index contributed by atoms with van der Waals surface area (Å²) in [5, 5.41) is 0. The van der Waals surface area contributed by atoms with Crippen LogP contribution in [0, 0.1) is 10.8 Å². The van der Waals surface area contributed by atoms with E-state index in [9.17, 15) is 14.4 Å². The molecule has 116 valence electrons. The Balaban J connectivity index is 1.85. The second kappa shape index (κ2) is 5.23. The van der Waals surface area contributed by atoms with Gasteiger partial charge in [-0.15, -0.1) is 0 Å². The number of carbonyl (C=O) groups is 3. The van der Waals surface area contributed by atoms with E-state index >= 15 is 0 Å². The fourth-order valence-corrected chi connectivity index (χ4v) is 3.14. The predicted molar refractivity (Wildman–Crippen MR) is 77.1 cm³/mol. The van der Waals surface area contributed by atoms with Gasteiger partial charge in [-0.1, -0.05) is 43.7 Å². The molecule has 3 rings (SSSR count). The van der Waals surface area contributed by atoms with Gasteiger partial charge in [-0.05, 0) is 12.8 Å². The summed E-state index contributed by atoms with van der Waals surface area (Å²) in [5.41, 5.74) is -2.08. The Morgan fingerprint density at radius 1 is 1.27 bits per heavy atom. The summed E-state index contributed by atoms with van der Waals surface area (Å²) in [6.07, 6.45) is 1.86. The van der Waals surface area contributed by atoms with Gasteiger partial charge in [0.05, 0.1) is 6.61 Å². The highest BCUT2D eigenvalue weighted by atomic mass is 16.6. The highest BCUT2D eigenvalue weighted by Crippen LogP contribution is 2.70. The number of esters is 2. The third-order valence-electron chi connectivity index (χ3n) is 4.60. The van der Waals surface area contributed by atoms with E-state index in [1.165, 1.54) is 0 Å². The van der Waals surface area contributed by atoms with Crippen LogP contribution in [-0.2, 0) is 19.1 Å². The molecule has 1 aliphatic heterocycles. The molecule has 1 heterocycles. The highest BCUT2D eigenvalue weighted by molar-refractivity contribution is 6.21. The van der Waals surface area contributed by atoms with Crippen LogP contribution in [0.15, 0.2) is 30.3 Å². The minimum Gasteiger partial charge on any atom is -0.465 e. The van der Waals surface area contributed by atoms with Crippen LogP contribution in [0.1, 0.15) is 36.5 Å². The molecule has 22 heavy (non-hydrogen) atoms. The van der Waals surface area contributed by atoms with E-state index in [1.807, 2.05) is 6.92 Å². The second-order valence-corrected chi connectivity index (χ2v) is 5.92. The van der Waals surface area contributed by atoms with E-state index in [0.29, 0.717) is 12.2 Å². The average molecular weight is 302 g/mol. The largest absolute Gasteiger partial charge is 0.465 e. The standard InChI is InChI=1S/C17H18O5/c1-2-3-9-21-14(19)16-10-17(16,15(20)22-11-16)13(18)12-7-5-4-6-8-12/h4-8H,2-3,9-11H2,1H3/t16-,17-/m0/s1. The molecule has 0 radical (unpaired) electrons. The van der Waals surface area contributed by atoms with Crippen molar-refractivity contribution in [1.29, 1.82) is 0 Å². The predicted octanol–water partition coefficient (Wildman–Crippen LogP) is 2.15. The van der Waals surface area contributed by atoms with E-state index in [2.05, 4.69) is 0 Å². The molecular formula is C17H18O5. The molecule has 2 fully saturated rings. The molecule has 1 saturated heterocycles. The fraction of sp³-hybridized carbons (Fsp3) is 0.471. The van der Waals surface area contributed by atoms with Gasteiger partial charge in [0.1, 0.15) is 12.0 Å². The van der Waals surface area contributed by atoms with Crippen molar-refractivity contribution in [3.63, 3.8) is 0 Å². The average Bonchev–Trinajstić information content (AvgIpc) is 3.17. The van der Waals surface area contributed by atoms with Crippen LogP contribution < -0.4 is 0 Å². The van der Waals surface area contributed by atoms with E-state index in [1.54, 1.807) is 30.3 Å². The number of hydrogen-bond donors (Lipinski definition) is 0. The summed E-state index contributed by atoms with van der Waals surface area (Å²) in [4.78, 5) is 37.3. The number of hydrogen-bond acceptors (Lipinski definition) is 5. The minimum atomic E-state index is -1.38. The van der Waals surface area contributed by atoms with E-state index in [0.717, 1.165) is 12.8 Å². The number of rotatable bonds is 6. The molecule has 0 unspecified atom stereocenters. The van der Waals surface area contributed by atoms with Crippen LogP contribution in [0.2, 0.25) is 0 Å². The molecule has 0 bridgehead atoms. The van der Waals surface area contributed by atoms with E-state index < -0.39 is 22.8 Å². The molecule has 0 spiro atoms. The zero-order valence-electron chi connectivity index (χ0n) is 12.5. The van der Waals surface area contributed by atoms with Crippen LogP contribution >= 0.6 is 0 Å². The summed E-state index contributed by atoms with van der Waals surface area (Å²) in [6.45, 7) is 2.24. The monoisotopic (exact) mass is 302 g/mol. The Bertz CT molecular complexity index is 623. The number of fused-ring (bicyclic) bond motifs is 1. The zero-order valence-corrected chi connectivity index (χ0v) is 12.5. The maximum Gasteiger partial charge on any atom is 0.321 e. The van der Waals surface area contributed by atoms with Gasteiger partial charge in [-0.3, -0.25) is 14.4 Å². The first kappa shape index (κ1) is 14.8. The number of ketones is 1. The smallest absolute Gasteiger partial charge is 0.321 e. The Morgan fingerprint density at radius 2 is 2.00 bits per heavy atom. The lowest BCUT2D eigenvalue weighted by Gasteiger charge is -2.13. The van der Waals surface area contributed by atoms with Crippen molar-refractivity contribution >= 4 is 17.7 Å². The number of Topliss-reactive ketones (excluding diaryl/α,β-unsaturated/α-hetero) is 1. The topological polar surface area (TPSA) is 69.7 Å². The van der Waals surface area contributed by atoms with Crippen LogP contribution in [0.25, 0.3) is 0 Å². The third-order valence-corrected chi connectivity index (χ3v) is 4.60. The summed E-state index contributed by atoms with van der Waals surface area (Å²) < 4.78 is 10.3. The number of unbranched alkanes of at least 4 members (excludes halogenated alkanes) is 1. The van der Waals surface area contributed by atoms with Crippen LogP contribution in [0.3, 0.4) is 0 Å². The number of cyclic esters (lactones) is 1.